The lowest BCUT2D eigenvalue weighted by Gasteiger charge is -2.21. The van der Waals surface area contributed by atoms with Gasteiger partial charge in [-0.2, -0.15) is 5.26 Å². The molecule has 1 saturated heterocycles. The molecule has 2 heterocycles. The van der Waals surface area contributed by atoms with E-state index in [2.05, 4.69) is 4.98 Å². The summed E-state index contributed by atoms with van der Waals surface area (Å²) in [5.74, 6) is -1.38. The van der Waals surface area contributed by atoms with E-state index < -0.39 is 17.9 Å². The van der Waals surface area contributed by atoms with Gasteiger partial charge in [-0.05, 0) is 31.9 Å². The van der Waals surface area contributed by atoms with Crippen LogP contribution >= 0.6 is 0 Å². The number of carboxylic acids is 1. The summed E-state index contributed by atoms with van der Waals surface area (Å²) in [6.07, 6.45) is 1.15. The van der Waals surface area contributed by atoms with Crippen molar-refractivity contribution in [3.8, 4) is 6.07 Å². The quantitative estimate of drug-likeness (QED) is 0.853. The minimum absolute atomic E-state index is 0.185. The largest absolute Gasteiger partial charge is 0.480 e. The van der Waals surface area contributed by atoms with Gasteiger partial charge in [-0.3, -0.25) is 4.79 Å². The summed E-state index contributed by atoms with van der Waals surface area (Å²) in [5, 5.41) is 17.9. The van der Waals surface area contributed by atoms with E-state index in [1.807, 2.05) is 6.07 Å². The molecule has 2 rings (SSSR count). The number of nitriles is 1. The van der Waals surface area contributed by atoms with Gasteiger partial charge in [0.1, 0.15) is 17.8 Å². The highest BCUT2D eigenvalue weighted by atomic mass is 16.4. The SMILES string of the molecule is Cc1nc(C(=O)N2CCC[C@H]2C(=O)O)ccc1C#N. The average Bonchev–Trinajstić information content (AvgIpc) is 2.87. The molecule has 1 aromatic rings. The van der Waals surface area contributed by atoms with Gasteiger partial charge < -0.3 is 10.0 Å². The van der Waals surface area contributed by atoms with Crippen molar-refractivity contribution in [1.82, 2.24) is 9.88 Å². The standard InChI is InChI=1S/C13H13N3O3/c1-8-9(7-14)4-5-10(15-8)12(17)16-6-2-3-11(16)13(18)19/h4-5,11H,2-3,6H2,1H3,(H,18,19)/t11-/m0/s1. The molecule has 0 saturated carbocycles. The van der Waals surface area contributed by atoms with Gasteiger partial charge >= 0.3 is 5.97 Å². The van der Waals surface area contributed by atoms with Crippen LogP contribution < -0.4 is 0 Å². The van der Waals surface area contributed by atoms with Crippen molar-refractivity contribution in [2.24, 2.45) is 0 Å². The number of rotatable bonds is 2. The van der Waals surface area contributed by atoms with E-state index >= 15 is 0 Å². The van der Waals surface area contributed by atoms with Crippen molar-refractivity contribution in [3.63, 3.8) is 0 Å². The number of amides is 1. The third-order valence-corrected chi connectivity index (χ3v) is 3.22. The van der Waals surface area contributed by atoms with Crippen LogP contribution in [-0.4, -0.2) is 39.5 Å². The summed E-state index contributed by atoms with van der Waals surface area (Å²) >= 11 is 0. The number of aliphatic carboxylic acids is 1. The lowest BCUT2D eigenvalue weighted by Crippen LogP contribution is -2.40. The van der Waals surface area contributed by atoms with Crippen LogP contribution in [0.15, 0.2) is 12.1 Å². The van der Waals surface area contributed by atoms with Crippen LogP contribution in [0.3, 0.4) is 0 Å². The first-order valence-corrected chi connectivity index (χ1v) is 5.96. The first kappa shape index (κ1) is 13.0. The van der Waals surface area contributed by atoms with E-state index in [9.17, 15) is 9.59 Å². The molecular formula is C13H13N3O3. The van der Waals surface area contributed by atoms with Crippen molar-refractivity contribution in [2.75, 3.05) is 6.54 Å². The molecule has 1 fully saturated rings. The van der Waals surface area contributed by atoms with Gasteiger partial charge in [-0.25, -0.2) is 9.78 Å². The number of carbonyl (C=O) groups is 2. The predicted octanol–water partition coefficient (Wildman–Crippen LogP) is 0.951. The number of hydrogen-bond acceptors (Lipinski definition) is 4. The zero-order valence-corrected chi connectivity index (χ0v) is 10.5. The molecular weight excluding hydrogens is 246 g/mol. The number of carbonyl (C=O) groups excluding carboxylic acids is 1. The Balaban J connectivity index is 2.27. The van der Waals surface area contributed by atoms with Crippen molar-refractivity contribution in [1.29, 1.82) is 5.26 Å². The fraction of sp³-hybridized carbons (Fsp3) is 0.385. The van der Waals surface area contributed by atoms with Gasteiger partial charge in [0.25, 0.3) is 5.91 Å². The second kappa shape index (κ2) is 5.06. The lowest BCUT2D eigenvalue weighted by atomic mass is 10.2. The Bertz CT molecular complexity index is 577. The number of nitrogens with zero attached hydrogens (tertiary/aromatic N) is 3. The van der Waals surface area contributed by atoms with Crippen LogP contribution in [0.2, 0.25) is 0 Å². The Labute approximate surface area is 110 Å². The van der Waals surface area contributed by atoms with Crippen LogP contribution in [0.4, 0.5) is 0 Å². The highest BCUT2D eigenvalue weighted by Crippen LogP contribution is 2.20. The molecule has 19 heavy (non-hydrogen) atoms. The summed E-state index contributed by atoms with van der Waals surface area (Å²) in [6, 6.07) is 4.20. The number of carboxylic acid groups (broad SMARTS) is 1. The van der Waals surface area contributed by atoms with E-state index in [-0.39, 0.29) is 5.69 Å². The molecule has 1 N–H and O–H groups in total. The third-order valence-electron chi connectivity index (χ3n) is 3.22. The lowest BCUT2D eigenvalue weighted by molar-refractivity contribution is -0.141. The summed E-state index contributed by atoms with van der Waals surface area (Å²) < 4.78 is 0. The Morgan fingerprint density at radius 1 is 1.53 bits per heavy atom. The molecule has 1 amide bonds. The number of aromatic nitrogens is 1. The molecule has 98 valence electrons. The molecule has 0 bridgehead atoms. The first-order chi connectivity index (χ1) is 9.04. The van der Waals surface area contributed by atoms with Crippen LogP contribution in [0.25, 0.3) is 0 Å². The fourth-order valence-corrected chi connectivity index (χ4v) is 2.21. The molecule has 1 aliphatic heterocycles. The van der Waals surface area contributed by atoms with Crippen LogP contribution in [0.5, 0.6) is 0 Å². The maximum Gasteiger partial charge on any atom is 0.326 e. The Kier molecular flexibility index (Phi) is 3.47. The summed E-state index contributed by atoms with van der Waals surface area (Å²) in [7, 11) is 0. The van der Waals surface area contributed by atoms with Gasteiger partial charge in [-0.1, -0.05) is 0 Å². The molecule has 6 nitrogen and oxygen atoms in total. The second-order valence-corrected chi connectivity index (χ2v) is 4.44. The van der Waals surface area contributed by atoms with Crippen molar-refractivity contribution in [3.05, 3.63) is 29.1 Å². The highest BCUT2D eigenvalue weighted by Gasteiger charge is 2.34. The van der Waals surface area contributed by atoms with E-state index in [1.54, 1.807) is 6.92 Å². The second-order valence-electron chi connectivity index (χ2n) is 4.44. The Morgan fingerprint density at radius 3 is 2.84 bits per heavy atom. The zero-order chi connectivity index (χ0) is 14.0. The first-order valence-electron chi connectivity index (χ1n) is 5.96. The van der Waals surface area contributed by atoms with Crippen LogP contribution in [0.1, 0.15) is 34.6 Å². The van der Waals surface area contributed by atoms with Crippen molar-refractivity contribution >= 4 is 11.9 Å². The topological polar surface area (TPSA) is 94.3 Å². The minimum Gasteiger partial charge on any atom is -0.480 e. The average molecular weight is 259 g/mol. The molecule has 0 spiro atoms. The van der Waals surface area contributed by atoms with Gasteiger partial charge in [0.2, 0.25) is 0 Å². The van der Waals surface area contributed by atoms with Crippen molar-refractivity contribution in [2.45, 2.75) is 25.8 Å². The fourth-order valence-electron chi connectivity index (χ4n) is 2.21. The van der Waals surface area contributed by atoms with Gasteiger partial charge in [0, 0.05) is 6.54 Å². The van der Waals surface area contributed by atoms with Crippen LogP contribution in [0, 0.1) is 18.3 Å². The molecule has 1 aliphatic rings. The monoisotopic (exact) mass is 259 g/mol. The van der Waals surface area contributed by atoms with Crippen molar-refractivity contribution < 1.29 is 14.7 Å². The highest BCUT2D eigenvalue weighted by molar-refractivity contribution is 5.95. The van der Waals surface area contributed by atoms with Crippen LogP contribution in [-0.2, 0) is 4.79 Å². The van der Waals surface area contributed by atoms with Gasteiger partial charge in [-0.15, -0.1) is 0 Å². The maximum atomic E-state index is 12.2. The Morgan fingerprint density at radius 2 is 2.26 bits per heavy atom. The van der Waals surface area contributed by atoms with E-state index in [1.165, 1.54) is 17.0 Å². The van der Waals surface area contributed by atoms with Gasteiger partial charge in [0.05, 0.1) is 11.3 Å². The number of pyridine rings is 1. The zero-order valence-electron chi connectivity index (χ0n) is 10.5. The number of hydrogen-bond donors (Lipinski definition) is 1. The van der Waals surface area contributed by atoms with E-state index in [4.69, 9.17) is 10.4 Å². The number of aryl methyl sites for hydroxylation is 1. The summed E-state index contributed by atoms with van der Waals surface area (Å²) in [4.78, 5) is 28.7. The number of likely N-dealkylation sites (tertiary alicyclic amines) is 1. The van der Waals surface area contributed by atoms with Gasteiger partial charge in [0.15, 0.2) is 0 Å². The molecule has 6 heteroatoms. The predicted molar refractivity (Wildman–Crippen MR) is 65.4 cm³/mol. The molecule has 0 aromatic carbocycles. The molecule has 0 radical (unpaired) electrons. The minimum atomic E-state index is -0.990. The smallest absolute Gasteiger partial charge is 0.326 e. The summed E-state index contributed by atoms with van der Waals surface area (Å²) in [6.45, 7) is 2.07. The molecule has 0 aliphatic carbocycles. The Hall–Kier alpha value is -2.42. The molecule has 0 unspecified atom stereocenters. The van der Waals surface area contributed by atoms with E-state index in [0.29, 0.717) is 30.6 Å². The maximum absolute atomic E-state index is 12.2. The summed E-state index contributed by atoms with van der Waals surface area (Å²) in [5.41, 5.74) is 1.07. The normalized spacial score (nSPS) is 18.1. The molecule has 1 aromatic heterocycles. The van der Waals surface area contributed by atoms with E-state index in [0.717, 1.165) is 0 Å². The third kappa shape index (κ3) is 2.40. The molecule has 1 atom stereocenters.